The van der Waals surface area contributed by atoms with Gasteiger partial charge in [-0.25, -0.2) is 4.98 Å². The van der Waals surface area contributed by atoms with Crippen LogP contribution in [0.4, 0.5) is 5.69 Å². The number of aryl methyl sites for hydroxylation is 1. The number of pyridine rings is 1. The Balaban J connectivity index is 1.40. The number of fused-ring (bicyclic) bond motifs is 1. The summed E-state index contributed by atoms with van der Waals surface area (Å²) in [5, 5.41) is 2.98. The van der Waals surface area contributed by atoms with Crippen LogP contribution in [0.15, 0.2) is 42.7 Å². The SMILES string of the molecule is Cc1cccc(CN2CCOC[C@H]2CC(=O)Nc2ccc3nc[nH]c3c2)n1. The van der Waals surface area contributed by atoms with Crippen LogP contribution in [0.25, 0.3) is 11.0 Å². The first-order chi connectivity index (χ1) is 13.2. The van der Waals surface area contributed by atoms with E-state index in [9.17, 15) is 4.79 Å². The number of hydrogen-bond acceptors (Lipinski definition) is 5. The maximum Gasteiger partial charge on any atom is 0.226 e. The molecule has 3 aromatic rings. The van der Waals surface area contributed by atoms with Gasteiger partial charge in [-0.2, -0.15) is 0 Å². The van der Waals surface area contributed by atoms with Gasteiger partial charge in [0.2, 0.25) is 5.91 Å². The minimum absolute atomic E-state index is 0.0217. The standard InChI is InChI=1S/C20H23N5O2/c1-14-3-2-4-16(23-14)11-25-7-8-27-12-17(25)10-20(26)24-15-5-6-18-19(9-15)22-13-21-18/h2-6,9,13,17H,7-8,10-12H2,1H3,(H,21,22)(H,24,26)/t17-/m1/s1. The minimum atomic E-state index is -0.0217. The van der Waals surface area contributed by atoms with Gasteiger partial charge in [0, 0.05) is 36.9 Å². The van der Waals surface area contributed by atoms with Gasteiger partial charge >= 0.3 is 0 Å². The average molecular weight is 365 g/mol. The van der Waals surface area contributed by atoms with Gasteiger partial charge in [0.25, 0.3) is 0 Å². The van der Waals surface area contributed by atoms with Crippen LogP contribution in [0.3, 0.4) is 0 Å². The van der Waals surface area contributed by atoms with Crippen molar-refractivity contribution in [2.75, 3.05) is 25.1 Å². The molecule has 7 heteroatoms. The molecule has 140 valence electrons. The van der Waals surface area contributed by atoms with E-state index in [2.05, 4.69) is 25.2 Å². The van der Waals surface area contributed by atoms with E-state index in [1.54, 1.807) is 6.33 Å². The van der Waals surface area contributed by atoms with Crippen molar-refractivity contribution in [2.24, 2.45) is 0 Å². The molecule has 0 spiro atoms. The van der Waals surface area contributed by atoms with Gasteiger partial charge in [0.15, 0.2) is 0 Å². The monoisotopic (exact) mass is 365 g/mol. The van der Waals surface area contributed by atoms with Crippen molar-refractivity contribution in [1.29, 1.82) is 0 Å². The Morgan fingerprint density at radius 1 is 1.37 bits per heavy atom. The zero-order chi connectivity index (χ0) is 18.6. The number of H-pyrrole nitrogens is 1. The summed E-state index contributed by atoms with van der Waals surface area (Å²) in [7, 11) is 0. The zero-order valence-corrected chi connectivity index (χ0v) is 15.3. The number of aromatic nitrogens is 3. The number of anilines is 1. The van der Waals surface area contributed by atoms with Gasteiger partial charge in [0.05, 0.1) is 36.3 Å². The van der Waals surface area contributed by atoms with E-state index in [-0.39, 0.29) is 11.9 Å². The van der Waals surface area contributed by atoms with Gasteiger partial charge in [-0.3, -0.25) is 14.7 Å². The normalized spacial score (nSPS) is 17.9. The third-order valence-corrected chi connectivity index (χ3v) is 4.79. The fourth-order valence-corrected chi connectivity index (χ4v) is 3.42. The van der Waals surface area contributed by atoms with Gasteiger partial charge in [-0.05, 0) is 37.3 Å². The molecule has 3 heterocycles. The number of imidazole rings is 1. The van der Waals surface area contributed by atoms with E-state index in [1.807, 2.05) is 43.3 Å². The molecular weight excluding hydrogens is 342 g/mol. The van der Waals surface area contributed by atoms with Crippen molar-refractivity contribution in [3.63, 3.8) is 0 Å². The Kier molecular flexibility index (Phi) is 5.13. The molecule has 0 unspecified atom stereocenters. The molecule has 2 aromatic heterocycles. The van der Waals surface area contributed by atoms with Crippen LogP contribution in [0.1, 0.15) is 17.8 Å². The van der Waals surface area contributed by atoms with Crippen LogP contribution >= 0.6 is 0 Å². The summed E-state index contributed by atoms with van der Waals surface area (Å²) >= 11 is 0. The van der Waals surface area contributed by atoms with Crippen LogP contribution in [-0.2, 0) is 16.1 Å². The quantitative estimate of drug-likeness (QED) is 0.726. The summed E-state index contributed by atoms with van der Waals surface area (Å²) in [5.74, 6) is -0.0217. The van der Waals surface area contributed by atoms with E-state index in [4.69, 9.17) is 4.74 Å². The highest BCUT2D eigenvalue weighted by atomic mass is 16.5. The summed E-state index contributed by atoms with van der Waals surface area (Å²) in [5.41, 5.74) is 4.57. The first kappa shape index (κ1) is 17.6. The van der Waals surface area contributed by atoms with E-state index in [1.165, 1.54) is 0 Å². The number of morpholine rings is 1. The largest absolute Gasteiger partial charge is 0.378 e. The second-order valence-corrected chi connectivity index (χ2v) is 6.86. The van der Waals surface area contributed by atoms with E-state index in [0.29, 0.717) is 19.6 Å². The molecule has 1 fully saturated rings. The van der Waals surface area contributed by atoms with E-state index >= 15 is 0 Å². The van der Waals surface area contributed by atoms with Crippen LogP contribution in [0.2, 0.25) is 0 Å². The fourth-order valence-electron chi connectivity index (χ4n) is 3.42. The number of carbonyl (C=O) groups excluding carboxylic acids is 1. The third kappa shape index (κ3) is 4.32. The molecule has 2 N–H and O–H groups in total. The summed E-state index contributed by atoms with van der Waals surface area (Å²) in [6.45, 7) is 4.75. The Hall–Kier alpha value is -2.77. The summed E-state index contributed by atoms with van der Waals surface area (Å²) in [6, 6.07) is 11.7. The lowest BCUT2D eigenvalue weighted by molar-refractivity contribution is -0.119. The highest BCUT2D eigenvalue weighted by Gasteiger charge is 2.26. The van der Waals surface area contributed by atoms with Gasteiger partial charge in [-0.15, -0.1) is 0 Å². The van der Waals surface area contributed by atoms with Crippen molar-refractivity contribution in [2.45, 2.75) is 25.9 Å². The fraction of sp³-hybridized carbons (Fsp3) is 0.350. The number of amides is 1. The first-order valence-electron chi connectivity index (χ1n) is 9.15. The molecule has 0 saturated carbocycles. The molecule has 7 nitrogen and oxygen atoms in total. The molecule has 1 aliphatic rings. The summed E-state index contributed by atoms with van der Waals surface area (Å²) in [6.07, 6.45) is 2.03. The first-order valence-corrected chi connectivity index (χ1v) is 9.15. The van der Waals surface area contributed by atoms with Crippen LogP contribution in [0.5, 0.6) is 0 Å². The molecule has 1 atom stereocenters. The molecule has 4 rings (SSSR count). The minimum Gasteiger partial charge on any atom is -0.378 e. The number of ether oxygens (including phenoxy) is 1. The van der Waals surface area contributed by atoms with E-state index in [0.717, 1.165) is 41.2 Å². The molecule has 1 aliphatic heterocycles. The van der Waals surface area contributed by atoms with Crippen LogP contribution in [-0.4, -0.2) is 51.6 Å². The van der Waals surface area contributed by atoms with Crippen LogP contribution in [0, 0.1) is 6.92 Å². The predicted octanol–water partition coefficient (Wildman–Crippen LogP) is 2.50. The second-order valence-electron chi connectivity index (χ2n) is 6.86. The molecule has 0 aliphatic carbocycles. The van der Waals surface area contributed by atoms with Crippen molar-refractivity contribution in [3.05, 3.63) is 54.1 Å². The maximum absolute atomic E-state index is 12.6. The molecule has 27 heavy (non-hydrogen) atoms. The Morgan fingerprint density at radius 2 is 2.30 bits per heavy atom. The number of carbonyl (C=O) groups is 1. The summed E-state index contributed by atoms with van der Waals surface area (Å²) < 4.78 is 5.62. The Labute approximate surface area is 157 Å². The van der Waals surface area contributed by atoms with Gasteiger partial charge in [0.1, 0.15) is 0 Å². The van der Waals surface area contributed by atoms with E-state index < -0.39 is 0 Å². The lowest BCUT2D eigenvalue weighted by Gasteiger charge is -2.35. The second kappa shape index (κ2) is 7.85. The Morgan fingerprint density at radius 3 is 3.19 bits per heavy atom. The number of nitrogens with one attached hydrogen (secondary N) is 2. The van der Waals surface area contributed by atoms with Crippen molar-refractivity contribution in [3.8, 4) is 0 Å². The molecule has 1 aromatic carbocycles. The number of nitrogens with zero attached hydrogens (tertiary/aromatic N) is 3. The van der Waals surface area contributed by atoms with Gasteiger partial charge < -0.3 is 15.0 Å². The Bertz CT molecular complexity index is 939. The highest BCUT2D eigenvalue weighted by molar-refractivity contribution is 5.93. The predicted molar refractivity (Wildman–Crippen MR) is 103 cm³/mol. The highest BCUT2D eigenvalue weighted by Crippen LogP contribution is 2.18. The average Bonchev–Trinajstić information content (AvgIpc) is 3.11. The number of rotatable bonds is 5. The molecule has 1 saturated heterocycles. The van der Waals surface area contributed by atoms with Crippen LogP contribution < -0.4 is 5.32 Å². The van der Waals surface area contributed by atoms with Gasteiger partial charge in [-0.1, -0.05) is 6.07 Å². The lowest BCUT2D eigenvalue weighted by atomic mass is 10.1. The number of aromatic amines is 1. The molecule has 0 radical (unpaired) electrons. The lowest BCUT2D eigenvalue weighted by Crippen LogP contribution is -2.46. The molecular formula is C20H23N5O2. The maximum atomic E-state index is 12.6. The van der Waals surface area contributed by atoms with Crippen molar-refractivity contribution >= 4 is 22.6 Å². The smallest absolute Gasteiger partial charge is 0.226 e. The zero-order valence-electron chi connectivity index (χ0n) is 15.3. The summed E-state index contributed by atoms with van der Waals surface area (Å²) in [4.78, 5) is 26.7. The number of hydrogen-bond donors (Lipinski definition) is 2. The molecule has 1 amide bonds. The third-order valence-electron chi connectivity index (χ3n) is 4.79. The topological polar surface area (TPSA) is 83.1 Å². The van der Waals surface area contributed by atoms with Crippen molar-refractivity contribution < 1.29 is 9.53 Å². The van der Waals surface area contributed by atoms with Crippen molar-refractivity contribution in [1.82, 2.24) is 19.9 Å². The molecule has 0 bridgehead atoms. The number of benzene rings is 1.